The number of methoxy groups -OCH3 is 1. The summed E-state index contributed by atoms with van der Waals surface area (Å²) in [4.78, 5) is 35.6. The van der Waals surface area contributed by atoms with Gasteiger partial charge in [-0.15, -0.1) is 0 Å². The van der Waals surface area contributed by atoms with Crippen molar-refractivity contribution in [3.63, 3.8) is 0 Å². The molecule has 2 rings (SSSR count). The van der Waals surface area contributed by atoms with Crippen LogP contribution >= 0.6 is 11.8 Å². The monoisotopic (exact) mass is 391 g/mol. The number of hydrazone groups is 1. The molecular weight excluding hydrogens is 370 g/mol. The fourth-order valence-electron chi connectivity index (χ4n) is 2.25. The largest absolute Gasteiger partial charge is 0.496 e. The number of ether oxygens (including phenoxy) is 1. The van der Waals surface area contributed by atoms with E-state index < -0.39 is 11.2 Å². The van der Waals surface area contributed by atoms with E-state index in [9.17, 15) is 14.4 Å². The van der Waals surface area contributed by atoms with Gasteiger partial charge in [-0.25, -0.2) is 14.9 Å². The molecule has 0 saturated carbocycles. The normalized spacial score (nSPS) is 11.3. The Morgan fingerprint density at radius 2 is 2.00 bits per heavy atom. The highest BCUT2D eigenvalue weighted by Crippen LogP contribution is 2.18. The molecule has 0 spiro atoms. The second-order valence-corrected chi connectivity index (χ2v) is 6.70. The van der Waals surface area contributed by atoms with Crippen molar-refractivity contribution in [3.8, 4) is 5.75 Å². The number of thioether (sulfide) groups is 1. The number of carbonyl (C=O) groups excluding carboxylic acids is 1. The lowest BCUT2D eigenvalue weighted by Crippen LogP contribution is -2.39. The average molecular weight is 391 g/mol. The lowest BCUT2D eigenvalue weighted by atomic mass is 10.1. The number of hydrogen-bond donors (Lipinski definition) is 1. The topological polar surface area (TPSA) is 108 Å². The molecule has 1 aromatic heterocycles. The summed E-state index contributed by atoms with van der Waals surface area (Å²) in [5.74, 6) is 0.328. The Labute approximate surface area is 160 Å². The molecule has 0 bridgehead atoms. The number of rotatable bonds is 7. The van der Waals surface area contributed by atoms with Crippen LogP contribution in [0.3, 0.4) is 0 Å². The summed E-state index contributed by atoms with van der Waals surface area (Å²) in [6.07, 6.45) is 0.528. The van der Waals surface area contributed by atoms with Gasteiger partial charge < -0.3 is 4.74 Å². The van der Waals surface area contributed by atoms with Crippen LogP contribution in [0.1, 0.15) is 12.5 Å². The number of amides is 1. The van der Waals surface area contributed by atoms with Crippen molar-refractivity contribution < 1.29 is 9.53 Å². The highest BCUT2D eigenvalue weighted by atomic mass is 32.2. The Morgan fingerprint density at radius 3 is 2.70 bits per heavy atom. The molecule has 0 aliphatic carbocycles. The third kappa shape index (κ3) is 5.30. The van der Waals surface area contributed by atoms with E-state index in [0.29, 0.717) is 12.1 Å². The molecular formula is C17H21N5O4S. The maximum atomic E-state index is 12.0. The molecule has 0 aliphatic rings. The number of para-hydroxylation sites is 1. The first kappa shape index (κ1) is 20.4. The predicted octanol–water partition coefficient (Wildman–Crippen LogP) is 0.315. The molecule has 1 heterocycles. The SMILES string of the molecule is COc1ccccc1C/C(C)=N\NC(=O)CSc1nn(C)c(=O)n(C)c1=O. The minimum atomic E-state index is -0.535. The molecule has 0 aliphatic heterocycles. The molecule has 9 nitrogen and oxygen atoms in total. The summed E-state index contributed by atoms with van der Waals surface area (Å²) >= 11 is 0.948. The van der Waals surface area contributed by atoms with Crippen molar-refractivity contribution in [1.82, 2.24) is 19.8 Å². The molecule has 0 radical (unpaired) electrons. The summed E-state index contributed by atoms with van der Waals surface area (Å²) in [6, 6.07) is 7.57. The second-order valence-electron chi connectivity index (χ2n) is 5.73. The van der Waals surface area contributed by atoms with Crippen molar-refractivity contribution in [2.45, 2.75) is 18.4 Å². The zero-order chi connectivity index (χ0) is 20.0. The van der Waals surface area contributed by atoms with Gasteiger partial charge in [-0.3, -0.25) is 14.2 Å². The van der Waals surface area contributed by atoms with Crippen molar-refractivity contribution >= 4 is 23.4 Å². The molecule has 10 heteroatoms. The molecule has 0 fully saturated rings. The number of nitrogens with zero attached hydrogens (tertiary/aromatic N) is 4. The number of nitrogens with one attached hydrogen (secondary N) is 1. The zero-order valence-electron chi connectivity index (χ0n) is 15.6. The molecule has 0 saturated heterocycles. The van der Waals surface area contributed by atoms with Crippen LogP contribution in [0.4, 0.5) is 0 Å². The molecule has 0 unspecified atom stereocenters. The van der Waals surface area contributed by atoms with Crippen LogP contribution in [0.15, 0.2) is 44.0 Å². The minimum absolute atomic E-state index is 0.0497. The average Bonchev–Trinajstić information content (AvgIpc) is 2.66. The fourth-order valence-corrected chi connectivity index (χ4v) is 3.02. The van der Waals surface area contributed by atoms with Gasteiger partial charge in [0.25, 0.3) is 5.56 Å². The molecule has 27 heavy (non-hydrogen) atoms. The summed E-state index contributed by atoms with van der Waals surface area (Å²) < 4.78 is 7.29. The molecule has 1 N–H and O–H groups in total. The summed E-state index contributed by atoms with van der Waals surface area (Å²) in [6.45, 7) is 1.80. The summed E-state index contributed by atoms with van der Waals surface area (Å²) in [7, 11) is 4.40. The molecule has 144 valence electrons. The number of aryl methyl sites for hydroxylation is 1. The Bertz CT molecular complexity index is 980. The van der Waals surface area contributed by atoms with Crippen molar-refractivity contribution in [3.05, 3.63) is 50.7 Å². The fraction of sp³-hybridized carbons (Fsp3) is 0.353. The van der Waals surface area contributed by atoms with Crippen LogP contribution in [0, 0.1) is 0 Å². The van der Waals surface area contributed by atoms with E-state index >= 15 is 0 Å². The standard InChI is InChI=1S/C17H21N5O4S/c1-11(9-12-7-5-6-8-13(12)26-4)18-19-14(23)10-27-15-16(24)21(2)17(25)22(3)20-15/h5-8H,9-10H2,1-4H3,(H,19,23)/b18-11-. The number of hydrogen-bond acceptors (Lipinski definition) is 7. The van der Waals surface area contributed by atoms with Gasteiger partial charge >= 0.3 is 5.69 Å². The Balaban J connectivity index is 1.95. The van der Waals surface area contributed by atoms with Crippen LogP contribution in [-0.2, 0) is 25.3 Å². The van der Waals surface area contributed by atoms with Gasteiger partial charge in [-0.05, 0) is 18.6 Å². The van der Waals surface area contributed by atoms with Crippen LogP contribution < -0.4 is 21.4 Å². The summed E-state index contributed by atoms with van der Waals surface area (Å²) in [5.41, 5.74) is 3.06. The van der Waals surface area contributed by atoms with Gasteiger partial charge in [-0.2, -0.15) is 10.2 Å². The molecule has 1 aromatic carbocycles. The van der Waals surface area contributed by atoms with Gasteiger partial charge in [-0.1, -0.05) is 30.0 Å². The Morgan fingerprint density at radius 1 is 1.30 bits per heavy atom. The minimum Gasteiger partial charge on any atom is -0.496 e. The smallest absolute Gasteiger partial charge is 0.346 e. The Kier molecular flexibility index (Phi) is 6.94. The van der Waals surface area contributed by atoms with Crippen LogP contribution in [-0.4, -0.2) is 38.8 Å². The van der Waals surface area contributed by atoms with Gasteiger partial charge in [0, 0.05) is 26.2 Å². The van der Waals surface area contributed by atoms with E-state index in [1.807, 2.05) is 24.3 Å². The highest BCUT2D eigenvalue weighted by molar-refractivity contribution is 7.99. The first-order chi connectivity index (χ1) is 12.8. The third-order valence-corrected chi connectivity index (χ3v) is 4.58. The van der Waals surface area contributed by atoms with Gasteiger partial charge in [0.2, 0.25) is 5.91 Å². The maximum Gasteiger partial charge on any atom is 0.346 e. The van der Waals surface area contributed by atoms with Crippen molar-refractivity contribution in [2.24, 2.45) is 19.2 Å². The van der Waals surface area contributed by atoms with E-state index in [1.54, 1.807) is 14.0 Å². The van der Waals surface area contributed by atoms with E-state index in [4.69, 9.17) is 4.74 Å². The van der Waals surface area contributed by atoms with Crippen LogP contribution in [0.5, 0.6) is 5.75 Å². The number of carbonyl (C=O) groups is 1. The van der Waals surface area contributed by atoms with Crippen molar-refractivity contribution in [2.75, 3.05) is 12.9 Å². The number of aromatic nitrogens is 3. The second kappa shape index (κ2) is 9.17. The van der Waals surface area contributed by atoms with Gasteiger partial charge in [0.15, 0.2) is 5.03 Å². The van der Waals surface area contributed by atoms with Crippen LogP contribution in [0.2, 0.25) is 0 Å². The molecule has 1 amide bonds. The van der Waals surface area contributed by atoms with E-state index in [2.05, 4.69) is 15.6 Å². The van der Waals surface area contributed by atoms with E-state index in [1.165, 1.54) is 14.1 Å². The maximum absolute atomic E-state index is 12.0. The third-order valence-electron chi connectivity index (χ3n) is 3.64. The summed E-state index contributed by atoms with van der Waals surface area (Å²) in [5, 5.41) is 8.02. The molecule has 0 atom stereocenters. The first-order valence-electron chi connectivity index (χ1n) is 8.04. The number of benzene rings is 1. The molecule has 2 aromatic rings. The van der Waals surface area contributed by atoms with Crippen molar-refractivity contribution in [1.29, 1.82) is 0 Å². The highest BCUT2D eigenvalue weighted by Gasteiger charge is 2.11. The van der Waals surface area contributed by atoms with Gasteiger partial charge in [0.1, 0.15) is 5.75 Å². The lowest BCUT2D eigenvalue weighted by molar-refractivity contribution is -0.118. The van der Waals surface area contributed by atoms with Gasteiger partial charge in [0.05, 0.1) is 12.9 Å². The van der Waals surface area contributed by atoms with E-state index in [-0.39, 0.29) is 16.7 Å². The quantitative estimate of drug-likeness (QED) is 0.414. The van der Waals surface area contributed by atoms with Crippen LogP contribution in [0.25, 0.3) is 0 Å². The first-order valence-corrected chi connectivity index (χ1v) is 9.03. The predicted molar refractivity (Wildman–Crippen MR) is 103 cm³/mol. The zero-order valence-corrected chi connectivity index (χ0v) is 16.4. The van der Waals surface area contributed by atoms with E-state index in [0.717, 1.165) is 32.3 Å². The Hall–Kier alpha value is -2.88. The lowest BCUT2D eigenvalue weighted by Gasteiger charge is -2.08.